The van der Waals surface area contributed by atoms with Gasteiger partial charge in [-0.25, -0.2) is 0 Å². The predicted molar refractivity (Wildman–Crippen MR) is 45.2 cm³/mol. The highest BCUT2D eigenvalue weighted by atomic mass is 19.4. The predicted octanol–water partition coefficient (Wildman–Crippen LogP) is 2.13. The fraction of sp³-hybridized carbons (Fsp3) is 0.125. The minimum absolute atomic E-state index is 0.0857. The molecule has 86 valence electrons. The fourth-order valence-electron chi connectivity index (χ4n) is 1.03. The molecule has 0 atom stereocenters. The van der Waals surface area contributed by atoms with Crippen LogP contribution in [0.3, 0.4) is 0 Å². The standard InChI is InChI=1S/C8H4F3NO4/c9-8(10,11)5-1-4(3-13)7(14)6(2-5)12(15)16/h1-3,14H. The van der Waals surface area contributed by atoms with Gasteiger partial charge in [-0.05, 0) is 6.07 Å². The van der Waals surface area contributed by atoms with Gasteiger partial charge in [0.25, 0.3) is 0 Å². The monoisotopic (exact) mass is 235 g/mol. The van der Waals surface area contributed by atoms with Gasteiger partial charge in [0.2, 0.25) is 5.75 Å². The fourth-order valence-corrected chi connectivity index (χ4v) is 1.03. The zero-order valence-corrected chi connectivity index (χ0v) is 7.49. The van der Waals surface area contributed by atoms with Crippen LogP contribution in [0.25, 0.3) is 0 Å². The van der Waals surface area contributed by atoms with Gasteiger partial charge in [0.05, 0.1) is 16.1 Å². The maximum absolute atomic E-state index is 12.3. The molecule has 0 saturated carbocycles. The lowest BCUT2D eigenvalue weighted by molar-refractivity contribution is -0.386. The number of rotatable bonds is 2. The van der Waals surface area contributed by atoms with Gasteiger partial charge in [0.1, 0.15) is 0 Å². The Morgan fingerprint density at radius 2 is 1.94 bits per heavy atom. The minimum atomic E-state index is -4.82. The van der Waals surface area contributed by atoms with Crippen LogP contribution in [-0.2, 0) is 6.18 Å². The molecule has 0 aliphatic rings. The molecule has 0 amide bonds. The second-order valence-corrected chi connectivity index (χ2v) is 2.81. The Morgan fingerprint density at radius 3 is 2.31 bits per heavy atom. The van der Waals surface area contributed by atoms with E-state index in [2.05, 4.69) is 0 Å². The molecule has 8 heteroatoms. The highest BCUT2D eigenvalue weighted by molar-refractivity contribution is 5.82. The van der Waals surface area contributed by atoms with Crippen molar-refractivity contribution >= 4 is 12.0 Å². The van der Waals surface area contributed by atoms with Gasteiger partial charge >= 0.3 is 11.9 Å². The summed E-state index contributed by atoms with van der Waals surface area (Å²) < 4.78 is 36.8. The van der Waals surface area contributed by atoms with Crippen molar-refractivity contribution in [2.75, 3.05) is 0 Å². The highest BCUT2D eigenvalue weighted by Crippen LogP contribution is 2.37. The maximum atomic E-state index is 12.3. The molecule has 0 saturated heterocycles. The summed E-state index contributed by atoms with van der Waals surface area (Å²) in [4.78, 5) is 19.5. The second kappa shape index (κ2) is 3.80. The molecular formula is C8H4F3NO4. The molecule has 1 rings (SSSR count). The summed E-state index contributed by atoms with van der Waals surface area (Å²) in [6.07, 6.45) is -4.91. The van der Waals surface area contributed by atoms with Gasteiger partial charge in [-0.3, -0.25) is 14.9 Å². The summed E-state index contributed by atoms with van der Waals surface area (Å²) in [6.45, 7) is 0. The molecule has 0 aliphatic carbocycles. The Morgan fingerprint density at radius 1 is 1.38 bits per heavy atom. The number of halogens is 3. The number of phenolic OH excluding ortho intramolecular Hbond substituents is 1. The van der Waals surface area contributed by atoms with Crippen molar-refractivity contribution < 1.29 is 28.0 Å². The lowest BCUT2D eigenvalue weighted by Crippen LogP contribution is -2.07. The van der Waals surface area contributed by atoms with E-state index in [1.165, 1.54) is 0 Å². The summed E-state index contributed by atoms with van der Waals surface area (Å²) >= 11 is 0. The molecule has 16 heavy (non-hydrogen) atoms. The van der Waals surface area contributed by atoms with E-state index in [-0.39, 0.29) is 12.4 Å². The second-order valence-electron chi connectivity index (χ2n) is 2.81. The smallest absolute Gasteiger partial charge is 0.416 e. The Balaban J connectivity index is 3.52. The van der Waals surface area contributed by atoms with Crippen LogP contribution >= 0.6 is 0 Å². The number of benzene rings is 1. The quantitative estimate of drug-likeness (QED) is 0.483. The first-order chi connectivity index (χ1) is 7.27. The third-order valence-electron chi connectivity index (χ3n) is 1.77. The molecule has 1 N–H and O–H groups in total. The summed E-state index contributed by atoms with van der Waals surface area (Å²) in [5.74, 6) is -1.08. The lowest BCUT2D eigenvalue weighted by Gasteiger charge is -2.08. The van der Waals surface area contributed by atoms with Crippen molar-refractivity contribution in [3.63, 3.8) is 0 Å². The Labute approximate surface area is 86.3 Å². The summed E-state index contributed by atoms with van der Waals surface area (Å²) in [5, 5.41) is 19.4. The van der Waals surface area contributed by atoms with Gasteiger partial charge in [-0.2, -0.15) is 13.2 Å². The Hall–Kier alpha value is -2.12. The van der Waals surface area contributed by atoms with Crippen molar-refractivity contribution in [2.24, 2.45) is 0 Å². The molecule has 0 aromatic heterocycles. The van der Waals surface area contributed by atoms with Gasteiger partial charge in [0, 0.05) is 6.07 Å². The van der Waals surface area contributed by atoms with Crippen LogP contribution in [0.4, 0.5) is 18.9 Å². The molecule has 5 nitrogen and oxygen atoms in total. The average molecular weight is 235 g/mol. The van der Waals surface area contributed by atoms with E-state index < -0.39 is 33.7 Å². The number of carbonyl (C=O) groups excluding carboxylic acids is 1. The van der Waals surface area contributed by atoms with Crippen molar-refractivity contribution in [3.05, 3.63) is 33.4 Å². The van der Waals surface area contributed by atoms with E-state index in [1.54, 1.807) is 0 Å². The van der Waals surface area contributed by atoms with E-state index in [0.29, 0.717) is 6.07 Å². The number of hydrogen-bond acceptors (Lipinski definition) is 4. The van der Waals surface area contributed by atoms with Crippen LogP contribution in [0.2, 0.25) is 0 Å². The average Bonchev–Trinajstić information content (AvgIpc) is 2.15. The number of nitrogens with zero attached hydrogens (tertiary/aromatic N) is 1. The van der Waals surface area contributed by atoms with Gasteiger partial charge in [-0.1, -0.05) is 0 Å². The number of phenols is 1. The van der Waals surface area contributed by atoms with Gasteiger partial charge in [0.15, 0.2) is 6.29 Å². The normalized spacial score (nSPS) is 11.2. The molecule has 0 unspecified atom stereocenters. The molecular weight excluding hydrogens is 231 g/mol. The van der Waals surface area contributed by atoms with Crippen molar-refractivity contribution in [2.45, 2.75) is 6.18 Å². The van der Waals surface area contributed by atoms with E-state index in [9.17, 15) is 28.1 Å². The molecule has 0 aliphatic heterocycles. The van der Waals surface area contributed by atoms with E-state index in [0.717, 1.165) is 0 Å². The Kier molecular flexibility index (Phi) is 2.84. The van der Waals surface area contributed by atoms with Gasteiger partial charge < -0.3 is 5.11 Å². The number of aldehydes is 1. The van der Waals surface area contributed by atoms with Crippen molar-refractivity contribution in [3.8, 4) is 5.75 Å². The molecule has 1 aromatic rings. The third-order valence-corrected chi connectivity index (χ3v) is 1.77. The van der Waals surface area contributed by atoms with Crippen LogP contribution in [-0.4, -0.2) is 16.3 Å². The van der Waals surface area contributed by atoms with E-state index in [4.69, 9.17) is 5.11 Å². The van der Waals surface area contributed by atoms with Gasteiger partial charge in [-0.15, -0.1) is 0 Å². The molecule has 0 heterocycles. The first-order valence-electron chi connectivity index (χ1n) is 3.81. The molecule has 0 bridgehead atoms. The van der Waals surface area contributed by atoms with Crippen molar-refractivity contribution in [1.29, 1.82) is 0 Å². The topological polar surface area (TPSA) is 80.4 Å². The van der Waals surface area contributed by atoms with E-state index in [1.807, 2.05) is 0 Å². The van der Waals surface area contributed by atoms with Crippen LogP contribution < -0.4 is 0 Å². The Bertz CT molecular complexity index is 455. The third kappa shape index (κ3) is 2.10. The minimum Gasteiger partial charge on any atom is -0.502 e. The first kappa shape index (κ1) is 12.0. The number of alkyl halides is 3. The number of aromatic hydroxyl groups is 1. The van der Waals surface area contributed by atoms with E-state index >= 15 is 0 Å². The maximum Gasteiger partial charge on any atom is 0.416 e. The molecule has 0 radical (unpaired) electrons. The zero-order valence-electron chi connectivity index (χ0n) is 7.49. The number of nitro groups is 1. The SMILES string of the molecule is O=Cc1cc(C(F)(F)F)cc([N+](=O)[O-])c1O. The summed E-state index contributed by atoms with van der Waals surface area (Å²) in [7, 11) is 0. The number of carbonyl (C=O) groups is 1. The zero-order chi connectivity index (χ0) is 12.5. The highest BCUT2D eigenvalue weighted by Gasteiger charge is 2.34. The molecule has 0 spiro atoms. The molecule has 0 fully saturated rings. The van der Waals surface area contributed by atoms with Crippen LogP contribution in [0.5, 0.6) is 5.75 Å². The first-order valence-corrected chi connectivity index (χ1v) is 3.81. The summed E-state index contributed by atoms with van der Waals surface area (Å²) in [6, 6.07) is 0.512. The van der Waals surface area contributed by atoms with Crippen LogP contribution in [0.15, 0.2) is 12.1 Å². The number of nitro benzene ring substituents is 1. The lowest BCUT2D eigenvalue weighted by atomic mass is 10.1. The largest absolute Gasteiger partial charge is 0.502 e. The van der Waals surface area contributed by atoms with Crippen LogP contribution in [0.1, 0.15) is 15.9 Å². The van der Waals surface area contributed by atoms with Crippen LogP contribution in [0, 0.1) is 10.1 Å². The molecule has 1 aromatic carbocycles. The summed E-state index contributed by atoms with van der Waals surface area (Å²) in [5.41, 5.74) is -3.29. The number of hydrogen-bond donors (Lipinski definition) is 1. The van der Waals surface area contributed by atoms with Crippen molar-refractivity contribution in [1.82, 2.24) is 0 Å².